The third kappa shape index (κ3) is 3.77. The highest BCUT2D eigenvalue weighted by molar-refractivity contribution is 5.94. The first-order chi connectivity index (χ1) is 9.16. The van der Waals surface area contributed by atoms with E-state index in [1.54, 1.807) is 0 Å². The number of nitrogens with zero attached hydrogens (tertiary/aromatic N) is 1. The van der Waals surface area contributed by atoms with Crippen molar-refractivity contribution in [1.82, 2.24) is 10.3 Å². The van der Waals surface area contributed by atoms with Crippen LogP contribution in [0.2, 0.25) is 0 Å². The van der Waals surface area contributed by atoms with Gasteiger partial charge in [0.15, 0.2) is 0 Å². The average molecular weight is 262 g/mol. The van der Waals surface area contributed by atoms with Crippen LogP contribution < -0.4 is 5.32 Å². The number of hydrogen-bond donors (Lipinski definition) is 2. The van der Waals surface area contributed by atoms with Gasteiger partial charge in [0.05, 0.1) is 5.56 Å². The van der Waals surface area contributed by atoms with Crippen molar-refractivity contribution in [2.45, 2.75) is 32.1 Å². The number of carboxylic acid groups (broad SMARTS) is 1. The summed E-state index contributed by atoms with van der Waals surface area (Å²) >= 11 is 0. The molecule has 0 unspecified atom stereocenters. The zero-order chi connectivity index (χ0) is 13.7. The Morgan fingerprint density at radius 1 is 1.32 bits per heavy atom. The highest BCUT2D eigenvalue weighted by Crippen LogP contribution is 2.26. The third-order valence-corrected chi connectivity index (χ3v) is 3.56. The molecule has 5 heteroatoms. The average Bonchev–Trinajstić information content (AvgIpc) is 2.92. The lowest BCUT2D eigenvalue weighted by molar-refractivity contribution is 0.0689. The van der Waals surface area contributed by atoms with Crippen molar-refractivity contribution in [2.75, 3.05) is 6.54 Å². The summed E-state index contributed by atoms with van der Waals surface area (Å²) in [5.41, 5.74) is 0.346. The van der Waals surface area contributed by atoms with Crippen LogP contribution in [0.3, 0.4) is 0 Å². The van der Waals surface area contributed by atoms with Crippen LogP contribution in [-0.2, 0) is 0 Å². The predicted molar refractivity (Wildman–Crippen MR) is 70.1 cm³/mol. The van der Waals surface area contributed by atoms with Gasteiger partial charge in [-0.3, -0.25) is 4.79 Å². The Kier molecular flexibility index (Phi) is 4.49. The van der Waals surface area contributed by atoms with Gasteiger partial charge < -0.3 is 10.4 Å². The zero-order valence-electron chi connectivity index (χ0n) is 10.8. The fourth-order valence-corrected chi connectivity index (χ4v) is 2.45. The largest absolute Gasteiger partial charge is 0.477 e. The minimum atomic E-state index is -1.09. The molecule has 2 rings (SSSR count). The standard InChI is InChI=1S/C14H18N2O3/c17-13(15-8-7-10-3-1-2-4-10)11-5-6-12(14(18)19)16-9-11/h5-6,9-10H,1-4,7-8H2,(H,15,17)(H,18,19). The van der Waals surface area contributed by atoms with Crippen LogP contribution in [0.1, 0.15) is 53.0 Å². The molecule has 0 bridgehead atoms. The Balaban J connectivity index is 1.80. The van der Waals surface area contributed by atoms with E-state index in [0.29, 0.717) is 12.1 Å². The molecule has 0 aromatic carbocycles. The summed E-state index contributed by atoms with van der Waals surface area (Å²) in [5, 5.41) is 11.6. The lowest BCUT2D eigenvalue weighted by atomic mass is 10.0. The maximum absolute atomic E-state index is 11.8. The second-order valence-electron chi connectivity index (χ2n) is 4.93. The van der Waals surface area contributed by atoms with Crippen molar-refractivity contribution >= 4 is 11.9 Å². The summed E-state index contributed by atoms with van der Waals surface area (Å²) in [7, 11) is 0. The molecule has 1 aliphatic carbocycles. The molecule has 0 atom stereocenters. The lowest BCUT2D eigenvalue weighted by Crippen LogP contribution is -2.25. The first-order valence-corrected chi connectivity index (χ1v) is 6.64. The van der Waals surface area contributed by atoms with Gasteiger partial charge in [-0.05, 0) is 24.5 Å². The van der Waals surface area contributed by atoms with Crippen LogP contribution in [-0.4, -0.2) is 28.5 Å². The Morgan fingerprint density at radius 2 is 2.05 bits per heavy atom. The first-order valence-electron chi connectivity index (χ1n) is 6.64. The van der Waals surface area contributed by atoms with Crippen molar-refractivity contribution in [3.63, 3.8) is 0 Å². The second-order valence-corrected chi connectivity index (χ2v) is 4.93. The maximum atomic E-state index is 11.8. The van der Waals surface area contributed by atoms with Crippen LogP contribution in [0, 0.1) is 5.92 Å². The summed E-state index contributed by atoms with van der Waals surface area (Å²) in [6.45, 7) is 0.671. The van der Waals surface area contributed by atoms with E-state index in [-0.39, 0.29) is 11.6 Å². The molecule has 0 radical (unpaired) electrons. The molecule has 102 valence electrons. The fourth-order valence-electron chi connectivity index (χ4n) is 2.45. The summed E-state index contributed by atoms with van der Waals surface area (Å²) < 4.78 is 0. The first kappa shape index (κ1) is 13.5. The highest BCUT2D eigenvalue weighted by Gasteiger charge is 2.15. The van der Waals surface area contributed by atoms with Gasteiger partial charge in [-0.2, -0.15) is 0 Å². The topological polar surface area (TPSA) is 79.3 Å². The molecule has 1 saturated carbocycles. The molecule has 0 aliphatic heterocycles. The normalized spacial score (nSPS) is 15.4. The highest BCUT2D eigenvalue weighted by atomic mass is 16.4. The number of carbonyl (C=O) groups is 2. The van der Waals surface area contributed by atoms with E-state index < -0.39 is 5.97 Å². The van der Waals surface area contributed by atoms with E-state index >= 15 is 0 Å². The van der Waals surface area contributed by atoms with Crippen molar-refractivity contribution in [1.29, 1.82) is 0 Å². The Hall–Kier alpha value is -1.91. The number of carboxylic acids is 1. The van der Waals surface area contributed by atoms with Crippen LogP contribution in [0.25, 0.3) is 0 Å². The number of rotatable bonds is 5. The molecule has 1 fully saturated rings. The van der Waals surface area contributed by atoms with E-state index in [9.17, 15) is 9.59 Å². The Morgan fingerprint density at radius 3 is 2.63 bits per heavy atom. The lowest BCUT2D eigenvalue weighted by Gasteiger charge is -2.09. The number of pyridine rings is 1. The summed E-state index contributed by atoms with van der Waals surface area (Å²) in [5.74, 6) is -0.538. The van der Waals surface area contributed by atoms with E-state index in [4.69, 9.17) is 5.11 Å². The molecular formula is C14H18N2O3. The Labute approximate surface area is 112 Å². The van der Waals surface area contributed by atoms with Gasteiger partial charge >= 0.3 is 5.97 Å². The van der Waals surface area contributed by atoms with E-state index in [1.807, 2.05) is 0 Å². The molecule has 1 aromatic heterocycles. The van der Waals surface area contributed by atoms with Crippen LogP contribution >= 0.6 is 0 Å². The molecule has 1 heterocycles. The molecule has 1 amide bonds. The van der Waals surface area contributed by atoms with Crippen LogP contribution in [0.5, 0.6) is 0 Å². The van der Waals surface area contributed by atoms with Gasteiger partial charge in [-0.1, -0.05) is 25.7 Å². The molecule has 5 nitrogen and oxygen atoms in total. The molecule has 0 saturated heterocycles. The SMILES string of the molecule is O=C(NCCC1CCCC1)c1ccc(C(=O)O)nc1. The summed E-state index contributed by atoms with van der Waals surface area (Å²) in [4.78, 5) is 26.2. The monoisotopic (exact) mass is 262 g/mol. The quantitative estimate of drug-likeness (QED) is 0.851. The summed E-state index contributed by atoms with van der Waals surface area (Å²) in [6, 6.07) is 2.83. The van der Waals surface area contributed by atoms with Crippen molar-refractivity contribution in [3.8, 4) is 0 Å². The number of hydrogen-bond acceptors (Lipinski definition) is 3. The fraction of sp³-hybridized carbons (Fsp3) is 0.500. The van der Waals surface area contributed by atoms with E-state index in [1.165, 1.54) is 44.0 Å². The molecule has 0 spiro atoms. The molecule has 19 heavy (non-hydrogen) atoms. The molecule has 1 aliphatic rings. The summed E-state index contributed by atoms with van der Waals surface area (Å²) in [6.07, 6.45) is 7.47. The number of aromatic carboxylic acids is 1. The molecular weight excluding hydrogens is 244 g/mol. The Bertz CT molecular complexity index is 450. The van der Waals surface area contributed by atoms with Gasteiger partial charge in [0.25, 0.3) is 5.91 Å². The number of amides is 1. The molecule has 1 aromatic rings. The third-order valence-electron chi connectivity index (χ3n) is 3.56. The van der Waals surface area contributed by atoms with Crippen LogP contribution in [0.15, 0.2) is 18.3 Å². The number of carbonyl (C=O) groups excluding carboxylic acids is 1. The van der Waals surface area contributed by atoms with Crippen molar-refractivity contribution < 1.29 is 14.7 Å². The predicted octanol–water partition coefficient (Wildman–Crippen LogP) is 2.09. The van der Waals surface area contributed by atoms with Gasteiger partial charge in [0, 0.05) is 12.7 Å². The number of nitrogens with one attached hydrogen (secondary N) is 1. The zero-order valence-corrected chi connectivity index (χ0v) is 10.8. The molecule has 2 N–H and O–H groups in total. The second kappa shape index (κ2) is 6.31. The smallest absolute Gasteiger partial charge is 0.354 e. The van der Waals surface area contributed by atoms with E-state index in [2.05, 4.69) is 10.3 Å². The van der Waals surface area contributed by atoms with Crippen molar-refractivity contribution in [3.05, 3.63) is 29.6 Å². The van der Waals surface area contributed by atoms with Crippen LogP contribution in [0.4, 0.5) is 0 Å². The number of aromatic nitrogens is 1. The van der Waals surface area contributed by atoms with Gasteiger partial charge in [-0.25, -0.2) is 9.78 Å². The van der Waals surface area contributed by atoms with Gasteiger partial charge in [0.2, 0.25) is 0 Å². The van der Waals surface area contributed by atoms with Gasteiger partial charge in [0.1, 0.15) is 5.69 Å². The maximum Gasteiger partial charge on any atom is 0.354 e. The van der Waals surface area contributed by atoms with Crippen molar-refractivity contribution in [2.24, 2.45) is 5.92 Å². The minimum Gasteiger partial charge on any atom is -0.477 e. The van der Waals surface area contributed by atoms with E-state index in [0.717, 1.165) is 12.3 Å². The minimum absolute atomic E-state index is 0.0532. The van der Waals surface area contributed by atoms with Gasteiger partial charge in [-0.15, -0.1) is 0 Å².